The molecular weight excluding hydrogens is 180 g/mol. The van der Waals surface area contributed by atoms with E-state index in [1.165, 1.54) is 12.8 Å². The van der Waals surface area contributed by atoms with Crippen molar-refractivity contribution in [3.05, 3.63) is 12.2 Å². The molecule has 2 saturated carbocycles. The van der Waals surface area contributed by atoms with Crippen molar-refractivity contribution in [3.8, 4) is 0 Å². The predicted octanol–water partition coefficient (Wildman–Crippen LogP) is 0.898. The predicted molar refractivity (Wildman–Crippen MR) is 45.9 cm³/mol. The van der Waals surface area contributed by atoms with E-state index in [0.29, 0.717) is 17.3 Å². The summed E-state index contributed by atoms with van der Waals surface area (Å²) in [5.74, 6) is -0.223. The largest absolute Gasteiger partial charge is 0.393 e. The van der Waals surface area contributed by atoms with Crippen molar-refractivity contribution in [2.24, 2.45) is 29.1 Å². The van der Waals surface area contributed by atoms with E-state index in [0.717, 1.165) is 0 Å². The monoisotopic (exact) mass is 190 g/mol. The van der Waals surface area contributed by atoms with Gasteiger partial charge in [0.15, 0.2) is 0 Å². The third-order valence-corrected chi connectivity index (χ3v) is 4.59. The van der Waals surface area contributed by atoms with E-state index in [1.807, 2.05) is 0 Å². The first-order chi connectivity index (χ1) is 6.74. The Morgan fingerprint density at radius 3 is 2.00 bits per heavy atom. The zero-order valence-corrected chi connectivity index (χ0v) is 7.60. The topological polar surface area (TPSA) is 43.4 Å². The summed E-state index contributed by atoms with van der Waals surface area (Å²) in [7, 11) is 0. The molecule has 0 amide bonds. The van der Waals surface area contributed by atoms with Crippen LogP contribution in [0.1, 0.15) is 12.8 Å². The quantitative estimate of drug-likeness (QED) is 0.324. The molecule has 0 aromatic carbocycles. The summed E-state index contributed by atoms with van der Waals surface area (Å²) in [5.41, 5.74) is 0.296. The van der Waals surface area contributed by atoms with E-state index in [4.69, 9.17) is 4.74 Å². The Bertz CT molecular complexity index is 359. The van der Waals surface area contributed by atoms with Crippen LogP contribution in [-0.4, -0.2) is 11.9 Å². The Balaban J connectivity index is 1.89. The van der Waals surface area contributed by atoms with E-state index in [9.17, 15) is 9.59 Å². The van der Waals surface area contributed by atoms with Gasteiger partial charge < -0.3 is 4.74 Å². The van der Waals surface area contributed by atoms with Crippen molar-refractivity contribution in [2.75, 3.05) is 0 Å². The van der Waals surface area contributed by atoms with Crippen LogP contribution in [0.5, 0.6) is 0 Å². The Morgan fingerprint density at radius 1 is 1.07 bits per heavy atom. The third kappa shape index (κ3) is 0.527. The Labute approximate surface area is 81.1 Å². The summed E-state index contributed by atoms with van der Waals surface area (Å²) in [4.78, 5) is 23.0. The van der Waals surface area contributed by atoms with Gasteiger partial charge in [-0.3, -0.25) is 9.59 Å². The van der Waals surface area contributed by atoms with Gasteiger partial charge in [0.2, 0.25) is 0 Å². The number of carbonyl (C=O) groups is 2. The molecule has 0 N–H and O–H groups in total. The first kappa shape index (κ1) is 7.21. The highest BCUT2D eigenvalue weighted by atomic mass is 16.6. The first-order valence-corrected chi connectivity index (χ1v) is 5.18. The highest BCUT2D eigenvalue weighted by Crippen LogP contribution is 2.73. The molecule has 0 radical (unpaired) electrons. The van der Waals surface area contributed by atoms with E-state index in [2.05, 4.69) is 12.2 Å². The van der Waals surface area contributed by atoms with Crippen LogP contribution in [0.4, 0.5) is 0 Å². The minimum Gasteiger partial charge on any atom is -0.393 e. The van der Waals surface area contributed by atoms with Gasteiger partial charge in [0.25, 0.3) is 0 Å². The van der Waals surface area contributed by atoms with Gasteiger partial charge in [-0.1, -0.05) is 12.2 Å². The third-order valence-electron chi connectivity index (χ3n) is 4.59. The molecule has 2 bridgehead atoms. The second kappa shape index (κ2) is 1.81. The van der Waals surface area contributed by atoms with Crippen molar-refractivity contribution in [1.82, 2.24) is 0 Å². The zero-order chi connectivity index (χ0) is 9.50. The number of ether oxygens (including phenoxy) is 1. The highest BCUT2D eigenvalue weighted by Gasteiger charge is 2.72. The van der Waals surface area contributed by atoms with Crippen molar-refractivity contribution in [1.29, 1.82) is 0 Å². The van der Waals surface area contributed by atoms with Crippen molar-refractivity contribution >= 4 is 11.9 Å². The fourth-order valence-corrected chi connectivity index (χ4v) is 3.88. The maximum atomic E-state index is 11.5. The molecule has 0 aromatic rings. The average Bonchev–Trinajstić information content (AvgIpc) is 2.72. The summed E-state index contributed by atoms with van der Waals surface area (Å²) in [6.07, 6.45) is 6.64. The molecule has 3 aliphatic carbocycles. The minimum absolute atomic E-state index is 0.139. The number of cyclic esters (lactones) is 2. The molecule has 0 aromatic heterocycles. The zero-order valence-electron chi connectivity index (χ0n) is 7.60. The summed E-state index contributed by atoms with van der Waals surface area (Å²) < 4.78 is 4.71. The van der Waals surface area contributed by atoms with Gasteiger partial charge in [-0.05, 0) is 30.1 Å². The van der Waals surface area contributed by atoms with Crippen LogP contribution in [0.3, 0.4) is 0 Å². The van der Waals surface area contributed by atoms with Crippen molar-refractivity contribution in [3.63, 3.8) is 0 Å². The molecule has 3 nitrogen and oxygen atoms in total. The van der Waals surface area contributed by atoms with Crippen molar-refractivity contribution in [2.45, 2.75) is 12.8 Å². The molecule has 72 valence electrons. The van der Waals surface area contributed by atoms with Crippen LogP contribution in [0.2, 0.25) is 0 Å². The van der Waals surface area contributed by atoms with Gasteiger partial charge in [0.1, 0.15) is 0 Å². The molecule has 4 rings (SSSR count). The van der Waals surface area contributed by atoms with Crippen molar-refractivity contribution < 1.29 is 14.3 Å². The molecule has 3 fully saturated rings. The minimum atomic E-state index is -0.275. The molecule has 1 heterocycles. The lowest BCUT2D eigenvalue weighted by molar-refractivity contribution is -0.155. The summed E-state index contributed by atoms with van der Waals surface area (Å²) in [6, 6.07) is 0. The second-order valence-corrected chi connectivity index (χ2v) is 4.96. The average molecular weight is 190 g/mol. The summed E-state index contributed by atoms with van der Waals surface area (Å²) >= 11 is 0. The van der Waals surface area contributed by atoms with E-state index in [-0.39, 0.29) is 23.8 Å². The van der Waals surface area contributed by atoms with Gasteiger partial charge >= 0.3 is 11.9 Å². The summed E-state index contributed by atoms with van der Waals surface area (Å²) in [5, 5.41) is 0. The van der Waals surface area contributed by atoms with Gasteiger partial charge in [0.05, 0.1) is 11.8 Å². The number of fused-ring (bicyclic) bond motifs is 3. The molecule has 0 unspecified atom stereocenters. The molecule has 4 atom stereocenters. The number of rotatable bonds is 0. The normalized spacial score (nSPS) is 50.0. The Hall–Kier alpha value is -1.12. The number of esters is 2. The number of hydrogen-bond acceptors (Lipinski definition) is 3. The fraction of sp³-hybridized carbons (Fsp3) is 0.636. The maximum Gasteiger partial charge on any atom is 0.318 e. The van der Waals surface area contributed by atoms with Crippen LogP contribution >= 0.6 is 0 Å². The van der Waals surface area contributed by atoms with E-state index < -0.39 is 0 Å². The SMILES string of the molecule is O=C1OC(=O)[C@H]2[C@@H]1[C@@H]1C=C[C@H]2C12CC2. The van der Waals surface area contributed by atoms with Crippen LogP contribution in [0.15, 0.2) is 12.2 Å². The standard InChI is InChI=1S/C11H10O3/c12-9-7-5-1-2-6(11(5)3-4-11)8(7)10(13)14-9/h1-2,5-8H,3-4H2/t5-,6+,7-,8+. The number of carbonyl (C=O) groups excluding carboxylic acids is 2. The summed E-state index contributed by atoms with van der Waals surface area (Å²) in [6.45, 7) is 0. The highest BCUT2D eigenvalue weighted by molar-refractivity contribution is 5.98. The van der Waals surface area contributed by atoms with E-state index in [1.54, 1.807) is 0 Å². The molecule has 1 saturated heterocycles. The van der Waals surface area contributed by atoms with E-state index >= 15 is 0 Å². The van der Waals surface area contributed by atoms with Crippen LogP contribution < -0.4 is 0 Å². The second-order valence-electron chi connectivity index (χ2n) is 4.96. The smallest absolute Gasteiger partial charge is 0.318 e. The number of hydrogen-bond donors (Lipinski definition) is 0. The molecular formula is C11H10O3. The lowest BCUT2D eigenvalue weighted by atomic mass is 9.85. The molecule has 3 heteroatoms. The first-order valence-electron chi connectivity index (χ1n) is 5.18. The van der Waals surface area contributed by atoms with Crippen LogP contribution in [0.25, 0.3) is 0 Å². The molecule has 1 spiro atoms. The molecule has 14 heavy (non-hydrogen) atoms. The molecule has 4 aliphatic rings. The van der Waals surface area contributed by atoms with Gasteiger partial charge in [-0.25, -0.2) is 0 Å². The number of allylic oxidation sites excluding steroid dienone is 2. The lowest BCUT2D eigenvalue weighted by Crippen LogP contribution is -2.21. The fourth-order valence-electron chi connectivity index (χ4n) is 3.88. The van der Waals surface area contributed by atoms with Gasteiger partial charge in [0, 0.05) is 0 Å². The maximum absolute atomic E-state index is 11.5. The molecule has 1 aliphatic heterocycles. The van der Waals surface area contributed by atoms with Crippen LogP contribution in [-0.2, 0) is 14.3 Å². The Morgan fingerprint density at radius 2 is 1.57 bits per heavy atom. The Kier molecular flexibility index (Phi) is 0.932. The lowest BCUT2D eigenvalue weighted by Gasteiger charge is -2.15. The van der Waals surface area contributed by atoms with Gasteiger partial charge in [-0.15, -0.1) is 0 Å². The van der Waals surface area contributed by atoms with Gasteiger partial charge in [-0.2, -0.15) is 0 Å². The van der Waals surface area contributed by atoms with Crippen LogP contribution in [0, 0.1) is 29.1 Å².